The molecule has 1 aliphatic carbocycles. The van der Waals surface area contributed by atoms with Crippen molar-refractivity contribution in [3.05, 3.63) is 70.5 Å². The van der Waals surface area contributed by atoms with Crippen molar-refractivity contribution < 1.29 is 26.7 Å². The molecule has 0 aromatic heterocycles. The highest BCUT2D eigenvalue weighted by Gasteiger charge is 2.98. The molecule has 2 aliphatic heterocycles. The minimum atomic E-state index is -3.60. The summed E-state index contributed by atoms with van der Waals surface area (Å²) in [4.78, 5) is 0.429. The Bertz CT molecular complexity index is 976. The molecule has 0 N–H and O–H groups in total. The minimum absolute atomic E-state index is 0.0245. The van der Waals surface area contributed by atoms with Crippen molar-refractivity contribution in [2.24, 2.45) is 5.92 Å². The lowest BCUT2D eigenvalue weighted by Gasteiger charge is -2.32. The number of hydrogen-bond donors (Lipinski definition) is 0. The first-order chi connectivity index (χ1) is 12.7. The Kier molecular flexibility index (Phi) is 3.18. The van der Waals surface area contributed by atoms with Gasteiger partial charge in [-0.1, -0.05) is 28.1 Å². The van der Waals surface area contributed by atoms with Gasteiger partial charge in [-0.15, -0.1) is 0 Å². The molecule has 5 rings (SSSR count). The van der Waals surface area contributed by atoms with Gasteiger partial charge in [0.2, 0.25) is 5.60 Å². The van der Waals surface area contributed by atoms with Gasteiger partial charge in [-0.3, -0.25) is 4.90 Å². The fourth-order valence-corrected chi connectivity index (χ4v) is 4.47. The zero-order chi connectivity index (χ0) is 19.2. The number of ether oxygens (including phenoxy) is 1. The van der Waals surface area contributed by atoms with E-state index in [-0.39, 0.29) is 17.0 Å². The van der Waals surface area contributed by atoms with Crippen LogP contribution in [0.4, 0.5) is 27.6 Å². The second-order valence-corrected chi connectivity index (χ2v) is 7.76. The molecule has 0 bridgehead atoms. The SMILES string of the molecule is Fc1ccccc1C1=CC2C(F)(F)N(c3ccc(Br)cc3)C3C(F)(F)C23O1. The topological polar surface area (TPSA) is 12.5 Å². The molecule has 8 heteroatoms. The second-order valence-electron chi connectivity index (χ2n) is 6.84. The van der Waals surface area contributed by atoms with Crippen LogP contribution >= 0.6 is 15.9 Å². The van der Waals surface area contributed by atoms with Crippen LogP contribution in [0, 0.1) is 11.7 Å². The molecule has 1 saturated carbocycles. The summed E-state index contributed by atoms with van der Waals surface area (Å²) >= 11 is 3.19. The second kappa shape index (κ2) is 5.04. The Labute approximate surface area is 159 Å². The maximum atomic E-state index is 15.1. The fraction of sp³-hybridized carbons (Fsp3) is 0.263. The van der Waals surface area contributed by atoms with Gasteiger partial charge in [0.15, 0.2) is 0 Å². The van der Waals surface area contributed by atoms with E-state index in [0.717, 1.165) is 12.1 Å². The van der Waals surface area contributed by atoms with Gasteiger partial charge >= 0.3 is 12.0 Å². The number of nitrogens with zero attached hydrogens (tertiary/aromatic N) is 1. The lowest BCUT2D eigenvalue weighted by molar-refractivity contribution is -0.106. The van der Waals surface area contributed by atoms with Crippen molar-refractivity contribution in [1.82, 2.24) is 0 Å². The van der Waals surface area contributed by atoms with Gasteiger partial charge in [0, 0.05) is 10.2 Å². The van der Waals surface area contributed by atoms with Crippen LogP contribution in [0.25, 0.3) is 5.76 Å². The molecular weight excluding hydrogens is 433 g/mol. The highest BCUT2D eigenvalue weighted by Crippen LogP contribution is 2.75. The Morgan fingerprint density at radius 3 is 2.26 bits per heavy atom. The van der Waals surface area contributed by atoms with Crippen LogP contribution in [-0.2, 0) is 4.74 Å². The molecule has 2 nitrogen and oxygen atoms in total. The molecule has 1 spiro atoms. The maximum Gasteiger partial charge on any atom is 0.336 e. The number of halogens is 6. The summed E-state index contributed by atoms with van der Waals surface area (Å²) < 4.78 is 79.7. The van der Waals surface area contributed by atoms with Gasteiger partial charge in [0.25, 0.3) is 0 Å². The van der Waals surface area contributed by atoms with E-state index < -0.39 is 35.3 Å². The van der Waals surface area contributed by atoms with Crippen LogP contribution < -0.4 is 4.90 Å². The molecule has 3 atom stereocenters. The quantitative estimate of drug-likeness (QED) is 0.452. The molecule has 27 heavy (non-hydrogen) atoms. The normalized spacial score (nSPS) is 31.8. The van der Waals surface area contributed by atoms with Gasteiger partial charge in [0.05, 0.1) is 5.56 Å². The van der Waals surface area contributed by atoms with Crippen molar-refractivity contribution in [2.45, 2.75) is 23.6 Å². The van der Waals surface area contributed by atoms with E-state index in [1.165, 1.54) is 42.5 Å². The predicted octanol–water partition coefficient (Wildman–Crippen LogP) is 5.44. The van der Waals surface area contributed by atoms with Crippen LogP contribution in [0.2, 0.25) is 0 Å². The van der Waals surface area contributed by atoms with Crippen LogP contribution in [0.3, 0.4) is 0 Å². The van der Waals surface area contributed by atoms with E-state index in [4.69, 9.17) is 4.74 Å². The minimum Gasteiger partial charge on any atom is -0.477 e. The van der Waals surface area contributed by atoms with Gasteiger partial charge in [0.1, 0.15) is 23.5 Å². The van der Waals surface area contributed by atoms with Gasteiger partial charge in [-0.05, 0) is 42.5 Å². The van der Waals surface area contributed by atoms with Crippen molar-refractivity contribution in [2.75, 3.05) is 4.90 Å². The van der Waals surface area contributed by atoms with Crippen LogP contribution in [-0.4, -0.2) is 23.6 Å². The zero-order valence-corrected chi connectivity index (χ0v) is 15.1. The number of anilines is 1. The van der Waals surface area contributed by atoms with E-state index in [9.17, 15) is 13.2 Å². The smallest absolute Gasteiger partial charge is 0.336 e. The molecule has 2 aromatic carbocycles. The van der Waals surface area contributed by atoms with E-state index in [1.54, 1.807) is 0 Å². The highest BCUT2D eigenvalue weighted by atomic mass is 79.9. The molecule has 1 saturated heterocycles. The Balaban J connectivity index is 1.61. The Morgan fingerprint density at radius 1 is 0.963 bits per heavy atom. The van der Waals surface area contributed by atoms with Gasteiger partial charge in [-0.25, -0.2) is 4.39 Å². The lowest BCUT2D eigenvalue weighted by Crippen LogP contribution is -2.48. The highest BCUT2D eigenvalue weighted by molar-refractivity contribution is 9.10. The van der Waals surface area contributed by atoms with Crippen molar-refractivity contribution >= 4 is 27.4 Å². The van der Waals surface area contributed by atoms with Crippen LogP contribution in [0.15, 0.2) is 59.1 Å². The molecular formula is C19H11BrF5NO. The summed E-state index contributed by atoms with van der Waals surface area (Å²) in [5.41, 5.74) is -2.52. The van der Waals surface area contributed by atoms with Gasteiger partial charge in [-0.2, -0.15) is 17.6 Å². The molecule has 0 amide bonds. The molecule has 2 fully saturated rings. The lowest BCUT2D eigenvalue weighted by atomic mass is 9.99. The van der Waals surface area contributed by atoms with E-state index in [1.807, 2.05) is 0 Å². The number of hydrogen-bond acceptors (Lipinski definition) is 2. The monoisotopic (exact) mass is 443 g/mol. The number of piperidine rings is 1. The Morgan fingerprint density at radius 2 is 1.63 bits per heavy atom. The third kappa shape index (κ3) is 1.94. The van der Waals surface area contributed by atoms with E-state index in [2.05, 4.69) is 15.9 Å². The molecule has 3 aliphatic rings. The van der Waals surface area contributed by atoms with Crippen molar-refractivity contribution in [1.29, 1.82) is 0 Å². The molecule has 2 heterocycles. The number of rotatable bonds is 2. The first-order valence-electron chi connectivity index (χ1n) is 8.17. The third-order valence-electron chi connectivity index (χ3n) is 5.44. The molecule has 2 aromatic rings. The molecule has 140 valence electrons. The first-order valence-corrected chi connectivity index (χ1v) is 8.97. The summed E-state index contributed by atoms with van der Waals surface area (Å²) in [6.07, 6.45) is 0.936. The summed E-state index contributed by atoms with van der Waals surface area (Å²) in [5.74, 6) is -6.36. The summed E-state index contributed by atoms with van der Waals surface area (Å²) in [7, 11) is 0. The first kappa shape index (κ1) is 17.0. The maximum absolute atomic E-state index is 15.1. The Hall–Kier alpha value is -2.09. The summed E-state index contributed by atoms with van der Waals surface area (Å²) in [6.45, 7) is 0. The number of benzene rings is 2. The van der Waals surface area contributed by atoms with E-state index >= 15 is 8.78 Å². The average molecular weight is 444 g/mol. The predicted molar refractivity (Wildman–Crippen MR) is 92.0 cm³/mol. The van der Waals surface area contributed by atoms with E-state index in [0.29, 0.717) is 9.37 Å². The van der Waals surface area contributed by atoms with Crippen LogP contribution in [0.1, 0.15) is 5.56 Å². The average Bonchev–Trinajstić information content (AvgIpc) is 2.91. The van der Waals surface area contributed by atoms with Gasteiger partial charge < -0.3 is 4.74 Å². The zero-order valence-electron chi connectivity index (χ0n) is 13.5. The largest absolute Gasteiger partial charge is 0.477 e. The van der Waals surface area contributed by atoms with Crippen LogP contribution in [0.5, 0.6) is 0 Å². The summed E-state index contributed by atoms with van der Waals surface area (Å²) in [6, 6.07) is 5.64. The summed E-state index contributed by atoms with van der Waals surface area (Å²) in [5, 5.41) is 0. The molecule has 0 radical (unpaired) electrons. The fourth-order valence-electron chi connectivity index (χ4n) is 4.20. The third-order valence-corrected chi connectivity index (χ3v) is 5.97. The van der Waals surface area contributed by atoms with Crippen molar-refractivity contribution in [3.63, 3.8) is 0 Å². The molecule has 3 unspecified atom stereocenters. The van der Waals surface area contributed by atoms with Crippen molar-refractivity contribution in [3.8, 4) is 0 Å². The standard InChI is InChI=1S/C19H11BrF5NO/c20-10-5-7-11(8-6-10)26-16-17(18(16,22)23)15(19(26,24)25)9-14(27-17)12-3-1-2-4-13(12)21/h1-9,15-16H. The number of alkyl halides is 4.